The lowest BCUT2D eigenvalue weighted by atomic mass is 9.72. The molecule has 2 aromatic carbocycles. The summed E-state index contributed by atoms with van der Waals surface area (Å²) in [5.41, 5.74) is 1.34. The molecule has 0 bridgehead atoms. The van der Waals surface area contributed by atoms with Gasteiger partial charge in [-0.1, -0.05) is 37.3 Å². The van der Waals surface area contributed by atoms with Gasteiger partial charge in [0.2, 0.25) is 11.8 Å². The van der Waals surface area contributed by atoms with Crippen LogP contribution in [0.4, 0.5) is 5.69 Å². The molecule has 2 amide bonds. The van der Waals surface area contributed by atoms with E-state index in [0.717, 1.165) is 16.1 Å². The minimum absolute atomic E-state index is 0.179. The zero-order chi connectivity index (χ0) is 17.0. The number of hydrogen-bond acceptors (Lipinski definition) is 4. The number of piperidine rings is 1. The van der Waals surface area contributed by atoms with E-state index in [9.17, 15) is 9.59 Å². The fourth-order valence-electron chi connectivity index (χ4n) is 3.03. The molecule has 1 heterocycles. The Kier molecular flexibility index (Phi) is 4.90. The second-order valence-electron chi connectivity index (χ2n) is 5.91. The van der Waals surface area contributed by atoms with Crippen molar-refractivity contribution in [2.24, 2.45) is 0 Å². The molecule has 1 aliphatic heterocycles. The van der Waals surface area contributed by atoms with Crippen molar-refractivity contribution in [3.8, 4) is 0 Å². The van der Waals surface area contributed by atoms with Gasteiger partial charge in [0.1, 0.15) is 0 Å². The second kappa shape index (κ2) is 7.09. The second-order valence-corrected chi connectivity index (χ2v) is 6.79. The van der Waals surface area contributed by atoms with E-state index in [4.69, 9.17) is 0 Å². The average molecular weight is 340 g/mol. The van der Waals surface area contributed by atoms with Crippen molar-refractivity contribution >= 4 is 29.4 Å². The average Bonchev–Trinajstić information content (AvgIpc) is 2.62. The van der Waals surface area contributed by atoms with Crippen LogP contribution in [0.1, 0.15) is 31.7 Å². The van der Waals surface area contributed by atoms with E-state index in [0.29, 0.717) is 19.3 Å². The fourth-order valence-corrected chi connectivity index (χ4v) is 3.69. The molecule has 2 N–H and O–H groups in total. The minimum Gasteiger partial charge on any atom is -0.326 e. The molecule has 0 aliphatic carbocycles. The monoisotopic (exact) mass is 340 g/mol. The lowest BCUT2D eigenvalue weighted by Gasteiger charge is -2.35. The number of hydrogen-bond donors (Lipinski definition) is 2. The molecule has 4 nitrogen and oxygen atoms in total. The normalized spacial score (nSPS) is 20.5. The standard InChI is InChI=1S/C19H20N2O2S/c1-2-19(13-12-17(22)20-18(19)23)14-8-10-15(11-9-14)21-24-16-6-4-3-5-7-16/h3-11,21H,2,12-13H2,1H3,(H,20,22,23). The van der Waals surface area contributed by atoms with Crippen LogP contribution in [0.3, 0.4) is 0 Å². The van der Waals surface area contributed by atoms with Crippen molar-refractivity contribution in [2.45, 2.75) is 36.5 Å². The lowest BCUT2D eigenvalue weighted by molar-refractivity contribution is -0.138. The molecule has 1 saturated heterocycles. The third-order valence-corrected chi connectivity index (χ3v) is 5.38. The molecule has 1 aliphatic rings. The van der Waals surface area contributed by atoms with Crippen molar-refractivity contribution in [3.05, 3.63) is 60.2 Å². The first-order valence-corrected chi connectivity index (χ1v) is 8.88. The number of carbonyl (C=O) groups is 2. The van der Waals surface area contributed by atoms with E-state index in [1.54, 1.807) is 11.9 Å². The maximum Gasteiger partial charge on any atom is 0.237 e. The van der Waals surface area contributed by atoms with Crippen LogP contribution in [0.5, 0.6) is 0 Å². The molecule has 1 unspecified atom stereocenters. The molecule has 0 radical (unpaired) electrons. The Bertz CT molecular complexity index is 731. The van der Waals surface area contributed by atoms with E-state index in [1.165, 1.54) is 0 Å². The van der Waals surface area contributed by atoms with E-state index in [1.807, 2.05) is 61.5 Å². The van der Waals surface area contributed by atoms with Crippen molar-refractivity contribution in [1.82, 2.24) is 5.32 Å². The van der Waals surface area contributed by atoms with E-state index < -0.39 is 5.41 Å². The molecule has 0 saturated carbocycles. The Hall–Kier alpha value is -2.27. The topological polar surface area (TPSA) is 58.2 Å². The fraction of sp³-hybridized carbons (Fsp3) is 0.263. The zero-order valence-corrected chi connectivity index (χ0v) is 14.4. The summed E-state index contributed by atoms with van der Waals surface area (Å²) >= 11 is 1.55. The van der Waals surface area contributed by atoms with Gasteiger partial charge in [-0.3, -0.25) is 14.9 Å². The van der Waals surface area contributed by atoms with Crippen molar-refractivity contribution < 1.29 is 9.59 Å². The predicted octanol–water partition coefficient (Wildman–Crippen LogP) is 3.89. The maximum atomic E-state index is 12.4. The largest absolute Gasteiger partial charge is 0.326 e. The highest BCUT2D eigenvalue weighted by Crippen LogP contribution is 2.36. The van der Waals surface area contributed by atoms with Gasteiger partial charge < -0.3 is 4.72 Å². The molecule has 3 rings (SSSR count). The van der Waals surface area contributed by atoms with Crippen molar-refractivity contribution in [1.29, 1.82) is 0 Å². The van der Waals surface area contributed by atoms with Gasteiger partial charge in [0.25, 0.3) is 0 Å². The van der Waals surface area contributed by atoms with Crippen LogP contribution in [0.15, 0.2) is 59.5 Å². The van der Waals surface area contributed by atoms with Crippen LogP contribution in [0.25, 0.3) is 0 Å². The SMILES string of the molecule is CCC1(c2ccc(NSc3ccccc3)cc2)CCC(=O)NC1=O. The number of nitrogens with one attached hydrogen (secondary N) is 2. The Labute approximate surface area is 146 Å². The molecule has 1 fully saturated rings. The molecule has 1 atom stereocenters. The summed E-state index contributed by atoms with van der Waals surface area (Å²) in [5, 5.41) is 2.48. The van der Waals surface area contributed by atoms with Crippen LogP contribution < -0.4 is 10.0 Å². The first kappa shape index (κ1) is 16.6. The molecule has 0 spiro atoms. The predicted molar refractivity (Wildman–Crippen MR) is 96.7 cm³/mol. The Morgan fingerprint density at radius 2 is 1.79 bits per heavy atom. The molecule has 24 heavy (non-hydrogen) atoms. The number of rotatable bonds is 5. The van der Waals surface area contributed by atoms with E-state index in [-0.39, 0.29) is 11.8 Å². The Morgan fingerprint density at radius 1 is 1.08 bits per heavy atom. The number of benzene rings is 2. The highest BCUT2D eigenvalue weighted by atomic mass is 32.2. The summed E-state index contributed by atoms with van der Waals surface area (Å²) in [6.45, 7) is 1.99. The number of imide groups is 1. The van der Waals surface area contributed by atoms with Crippen molar-refractivity contribution in [3.63, 3.8) is 0 Å². The van der Waals surface area contributed by atoms with Crippen LogP contribution in [-0.4, -0.2) is 11.8 Å². The van der Waals surface area contributed by atoms with E-state index >= 15 is 0 Å². The summed E-state index contributed by atoms with van der Waals surface area (Å²) in [5.74, 6) is -0.359. The van der Waals surface area contributed by atoms with Gasteiger partial charge in [-0.15, -0.1) is 0 Å². The van der Waals surface area contributed by atoms with Gasteiger partial charge in [0.15, 0.2) is 0 Å². The summed E-state index contributed by atoms with van der Waals surface area (Å²) in [7, 11) is 0. The van der Waals surface area contributed by atoms with Gasteiger partial charge in [-0.25, -0.2) is 0 Å². The highest BCUT2D eigenvalue weighted by Gasteiger charge is 2.42. The maximum absolute atomic E-state index is 12.4. The number of amides is 2. The molecule has 0 aromatic heterocycles. The third-order valence-electron chi connectivity index (χ3n) is 4.54. The lowest BCUT2D eigenvalue weighted by Crippen LogP contribution is -2.51. The van der Waals surface area contributed by atoms with Crippen LogP contribution >= 0.6 is 11.9 Å². The smallest absolute Gasteiger partial charge is 0.237 e. The number of carbonyl (C=O) groups excluding carboxylic acids is 2. The first-order valence-electron chi connectivity index (χ1n) is 8.07. The highest BCUT2D eigenvalue weighted by molar-refractivity contribution is 8.00. The molecular formula is C19H20N2O2S. The summed E-state index contributed by atoms with van der Waals surface area (Å²) in [4.78, 5) is 25.0. The van der Waals surface area contributed by atoms with Gasteiger partial charge in [-0.2, -0.15) is 0 Å². The van der Waals surface area contributed by atoms with Gasteiger partial charge in [0, 0.05) is 17.0 Å². The summed E-state index contributed by atoms with van der Waals surface area (Å²) in [6.07, 6.45) is 1.64. The Balaban J connectivity index is 1.73. The zero-order valence-electron chi connectivity index (χ0n) is 13.5. The van der Waals surface area contributed by atoms with Crippen LogP contribution in [-0.2, 0) is 15.0 Å². The van der Waals surface area contributed by atoms with Crippen molar-refractivity contribution in [2.75, 3.05) is 4.72 Å². The Morgan fingerprint density at radius 3 is 2.42 bits per heavy atom. The minimum atomic E-state index is -0.598. The van der Waals surface area contributed by atoms with E-state index in [2.05, 4.69) is 10.0 Å². The van der Waals surface area contributed by atoms with Crippen LogP contribution in [0, 0.1) is 0 Å². The third kappa shape index (κ3) is 3.31. The number of anilines is 1. The molecule has 2 aromatic rings. The molecular weight excluding hydrogens is 320 g/mol. The summed E-state index contributed by atoms with van der Waals surface area (Å²) in [6, 6.07) is 18.0. The molecule has 5 heteroatoms. The van der Waals surface area contributed by atoms with Gasteiger partial charge >= 0.3 is 0 Å². The van der Waals surface area contributed by atoms with Gasteiger partial charge in [-0.05, 0) is 54.6 Å². The van der Waals surface area contributed by atoms with Gasteiger partial charge in [0.05, 0.1) is 5.41 Å². The first-order chi connectivity index (χ1) is 11.6. The van der Waals surface area contributed by atoms with Crippen LogP contribution in [0.2, 0.25) is 0 Å². The molecule has 124 valence electrons. The quantitative estimate of drug-likeness (QED) is 0.640. The summed E-state index contributed by atoms with van der Waals surface area (Å²) < 4.78 is 3.30.